The third-order valence-corrected chi connectivity index (χ3v) is 2.49. The van der Waals surface area contributed by atoms with Gasteiger partial charge in [-0.3, -0.25) is 0 Å². The van der Waals surface area contributed by atoms with Gasteiger partial charge < -0.3 is 10.1 Å². The Balaban J connectivity index is 1.76. The van der Waals surface area contributed by atoms with E-state index in [1.807, 2.05) is 30.3 Å². The highest BCUT2D eigenvalue weighted by Gasteiger charge is 2.03. The van der Waals surface area contributed by atoms with Crippen molar-refractivity contribution in [2.45, 2.75) is 13.2 Å². The number of nitrogens with one attached hydrogen (secondary N) is 1. The van der Waals surface area contributed by atoms with E-state index < -0.39 is 6.09 Å². The predicted molar refractivity (Wildman–Crippen MR) is 70.5 cm³/mol. The normalized spacial score (nSPS) is 9.95. The number of amides is 1. The van der Waals surface area contributed by atoms with Crippen LogP contribution in [0.1, 0.15) is 11.3 Å². The summed E-state index contributed by atoms with van der Waals surface area (Å²) in [6.45, 7) is 0.479. The van der Waals surface area contributed by atoms with Gasteiger partial charge in [-0.05, 0) is 23.2 Å². The zero-order valence-electron chi connectivity index (χ0n) is 10.0. The van der Waals surface area contributed by atoms with E-state index in [4.69, 9.17) is 16.3 Å². The molecule has 0 bridgehead atoms. The van der Waals surface area contributed by atoms with Crippen molar-refractivity contribution in [1.29, 1.82) is 0 Å². The third-order valence-electron chi connectivity index (χ3n) is 2.31. The molecule has 2 aromatic rings. The molecule has 1 aromatic heterocycles. The summed E-state index contributed by atoms with van der Waals surface area (Å²) in [4.78, 5) is 19.2. The molecule has 0 atom stereocenters. The number of aromatic nitrogens is 2. The predicted octanol–water partition coefficient (Wildman–Crippen LogP) is 2.56. The van der Waals surface area contributed by atoms with Crippen LogP contribution in [-0.2, 0) is 17.9 Å². The highest BCUT2D eigenvalue weighted by Crippen LogP contribution is 2.02. The Bertz CT molecular complexity index is 549. The van der Waals surface area contributed by atoms with Crippen molar-refractivity contribution < 1.29 is 9.53 Å². The number of carbonyl (C=O) groups is 1. The molecule has 98 valence electrons. The molecule has 2 rings (SSSR count). The number of halogens is 1. The van der Waals surface area contributed by atoms with E-state index in [2.05, 4.69) is 15.3 Å². The Labute approximate surface area is 115 Å². The first-order chi connectivity index (χ1) is 9.24. The summed E-state index contributed by atoms with van der Waals surface area (Å²) < 4.78 is 5.05. The van der Waals surface area contributed by atoms with Crippen LogP contribution in [0.5, 0.6) is 0 Å². The minimum absolute atomic E-state index is 0.150. The summed E-state index contributed by atoms with van der Waals surface area (Å²) in [6, 6.07) is 11.1. The summed E-state index contributed by atoms with van der Waals surface area (Å²) in [5, 5.41) is 2.74. The van der Waals surface area contributed by atoms with Crippen molar-refractivity contribution in [3.8, 4) is 0 Å². The van der Waals surface area contributed by atoms with Gasteiger partial charge in [-0.1, -0.05) is 30.3 Å². The molecule has 0 saturated carbocycles. The van der Waals surface area contributed by atoms with Crippen LogP contribution >= 0.6 is 11.6 Å². The number of ether oxygens (including phenoxy) is 1. The molecular weight excluding hydrogens is 266 g/mol. The number of nitrogens with zero attached hydrogens (tertiary/aromatic N) is 2. The fraction of sp³-hybridized carbons (Fsp3) is 0.154. The van der Waals surface area contributed by atoms with E-state index >= 15 is 0 Å². The molecule has 0 spiro atoms. The van der Waals surface area contributed by atoms with Gasteiger partial charge in [-0.2, -0.15) is 0 Å². The summed E-state index contributed by atoms with van der Waals surface area (Å²) in [5.41, 5.74) is 1.55. The molecular formula is C13H12ClN3O2. The smallest absolute Gasteiger partial charge is 0.407 e. The van der Waals surface area contributed by atoms with Crippen molar-refractivity contribution in [2.24, 2.45) is 0 Å². The van der Waals surface area contributed by atoms with Crippen LogP contribution in [0.15, 0.2) is 42.6 Å². The van der Waals surface area contributed by atoms with Crippen LogP contribution < -0.4 is 5.32 Å². The largest absolute Gasteiger partial charge is 0.445 e. The summed E-state index contributed by atoms with van der Waals surface area (Å²) in [7, 11) is 0. The van der Waals surface area contributed by atoms with Crippen molar-refractivity contribution in [3.05, 3.63) is 59.1 Å². The van der Waals surface area contributed by atoms with Crippen molar-refractivity contribution in [3.63, 3.8) is 0 Å². The molecule has 0 fully saturated rings. The van der Waals surface area contributed by atoms with E-state index in [9.17, 15) is 4.79 Å². The van der Waals surface area contributed by atoms with Gasteiger partial charge in [0.25, 0.3) is 0 Å². The fourth-order valence-electron chi connectivity index (χ4n) is 1.40. The zero-order valence-corrected chi connectivity index (χ0v) is 10.8. The SMILES string of the molecule is O=C(NCc1ccnc(Cl)n1)OCc1ccccc1. The zero-order chi connectivity index (χ0) is 13.5. The van der Waals surface area contributed by atoms with Crippen LogP contribution in [0.25, 0.3) is 0 Å². The molecule has 1 N–H and O–H groups in total. The first-order valence-corrected chi connectivity index (χ1v) is 6.04. The molecule has 5 nitrogen and oxygen atoms in total. The van der Waals surface area contributed by atoms with Gasteiger partial charge in [0.15, 0.2) is 0 Å². The molecule has 1 aromatic carbocycles. The highest BCUT2D eigenvalue weighted by molar-refractivity contribution is 6.28. The Morgan fingerprint density at radius 2 is 2.05 bits per heavy atom. The van der Waals surface area contributed by atoms with E-state index in [0.717, 1.165) is 5.56 Å². The van der Waals surface area contributed by atoms with Gasteiger partial charge in [-0.15, -0.1) is 0 Å². The second kappa shape index (κ2) is 6.70. The minimum Gasteiger partial charge on any atom is -0.445 e. The number of carbonyl (C=O) groups excluding carboxylic acids is 1. The van der Waals surface area contributed by atoms with Gasteiger partial charge in [0.2, 0.25) is 5.28 Å². The van der Waals surface area contributed by atoms with Gasteiger partial charge in [0.1, 0.15) is 6.61 Å². The maximum absolute atomic E-state index is 11.5. The summed E-state index contributed by atoms with van der Waals surface area (Å²) in [6.07, 6.45) is 1.03. The third kappa shape index (κ3) is 4.56. The molecule has 0 aliphatic heterocycles. The topological polar surface area (TPSA) is 64.1 Å². The summed E-state index contributed by atoms with van der Waals surface area (Å²) >= 11 is 5.64. The molecule has 0 saturated heterocycles. The number of benzene rings is 1. The van der Waals surface area contributed by atoms with Crippen molar-refractivity contribution in [1.82, 2.24) is 15.3 Å². The molecule has 0 aliphatic carbocycles. The molecule has 1 amide bonds. The van der Waals surface area contributed by atoms with E-state index in [1.54, 1.807) is 6.07 Å². The van der Waals surface area contributed by atoms with Gasteiger partial charge in [-0.25, -0.2) is 14.8 Å². The lowest BCUT2D eigenvalue weighted by Crippen LogP contribution is -2.24. The summed E-state index contributed by atoms with van der Waals surface area (Å²) in [5.74, 6) is 0. The molecule has 0 unspecified atom stereocenters. The monoisotopic (exact) mass is 277 g/mol. The van der Waals surface area contributed by atoms with Crippen molar-refractivity contribution >= 4 is 17.7 Å². The van der Waals surface area contributed by atoms with Crippen LogP contribution in [-0.4, -0.2) is 16.1 Å². The maximum atomic E-state index is 11.5. The van der Waals surface area contributed by atoms with Gasteiger partial charge >= 0.3 is 6.09 Å². The maximum Gasteiger partial charge on any atom is 0.407 e. The molecule has 1 heterocycles. The van der Waals surface area contributed by atoms with Crippen molar-refractivity contribution in [2.75, 3.05) is 0 Å². The highest BCUT2D eigenvalue weighted by atomic mass is 35.5. The second-order valence-electron chi connectivity index (χ2n) is 3.73. The molecule has 0 aliphatic rings. The number of hydrogen-bond donors (Lipinski definition) is 1. The fourth-order valence-corrected chi connectivity index (χ4v) is 1.57. The number of rotatable bonds is 4. The minimum atomic E-state index is -0.501. The standard InChI is InChI=1S/C13H12ClN3O2/c14-12-15-7-6-11(17-12)8-16-13(18)19-9-10-4-2-1-3-5-10/h1-7H,8-9H2,(H,16,18). The lowest BCUT2D eigenvalue weighted by atomic mass is 10.2. The lowest BCUT2D eigenvalue weighted by molar-refractivity contribution is 0.139. The Kier molecular flexibility index (Phi) is 4.69. The van der Waals surface area contributed by atoms with Crippen LogP contribution in [0.4, 0.5) is 4.79 Å². The lowest BCUT2D eigenvalue weighted by Gasteiger charge is -2.06. The van der Waals surface area contributed by atoms with E-state index in [-0.39, 0.29) is 18.4 Å². The second-order valence-corrected chi connectivity index (χ2v) is 4.07. The van der Waals surface area contributed by atoms with E-state index in [1.165, 1.54) is 6.20 Å². The van der Waals surface area contributed by atoms with Crippen LogP contribution in [0.2, 0.25) is 5.28 Å². The molecule has 0 radical (unpaired) electrons. The number of alkyl carbamates (subject to hydrolysis) is 1. The Hall–Kier alpha value is -2.14. The van der Waals surface area contributed by atoms with Gasteiger partial charge in [0.05, 0.1) is 12.2 Å². The Morgan fingerprint density at radius 3 is 2.79 bits per heavy atom. The number of hydrogen-bond acceptors (Lipinski definition) is 4. The molecule has 6 heteroatoms. The quantitative estimate of drug-likeness (QED) is 0.873. The average molecular weight is 278 g/mol. The van der Waals surface area contributed by atoms with Crippen LogP contribution in [0, 0.1) is 0 Å². The average Bonchev–Trinajstić information content (AvgIpc) is 2.44. The first-order valence-electron chi connectivity index (χ1n) is 5.66. The van der Waals surface area contributed by atoms with Gasteiger partial charge in [0, 0.05) is 6.20 Å². The first kappa shape index (κ1) is 13.3. The molecule has 19 heavy (non-hydrogen) atoms. The van der Waals surface area contributed by atoms with E-state index in [0.29, 0.717) is 5.69 Å². The Morgan fingerprint density at radius 1 is 1.26 bits per heavy atom. The van der Waals surface area contributed by atoms with Crippen LogP contribution in [0.3, 0.4) is 0 Å².